The standard InChI is InChI=1S/C13H10N6OS/c20-12(16-13-14-7-8-21-13)6-3-10-1-4-11(5-2-10)19-9-15-17-18-19/h1-9H,(H,14,16,20)/b6-3+. The van der Waals surface area contributed by atoms with Crippen molar-refractivity contribution >= 4 is 28.5 Å². The summed E-state index contributed by atoms with van der Waals surface area (Å²) in [7, 11) is 0. The molecule has 0 aliphatic carbocycles. The summed E-state index contributed by atoms with van der Waals surface area (Å²) in [6.07, 6.45) is 6.35. The molecule has 0 spiro atoms. The molecule has 1 amide bonds. The Kier molecular flexibility index (Phi) is 3.79. The number of hydrogen-bond acceptors (Lipinski definition) is 6. The van der Waals surface area contributed by atoms with Crippen LogP contribution in [0.1, 0.15) is 5.56 Å². The van der Waals surface area contributed by atoms with Crippen LogP contribution in [0.4, 0.5) is 5.13 Å². The molecule has 3 aromatic rings. The quantitative estimate of drug-likeness (QED) is 0.742. The lowest BCUT2D eigenvalue weighted by atomic mass is 10.2. The van der Waals surface area contributed by atoms with Crippen LogP contribution in [0.15, 0.2) is 48.2 Å². The van der Waals surface area contributed by atoms with E-state index in [1.165, 1.54) is 23.7 Å². The Labute approximate surface area is 124 Å². The van der Waals surface area contributed by atoms with Gasteiger partial charge in [0.1, 0.15) is 6.33 Å². The smallest absolute Gasteiger partial charge is 0.250 e. The predicted molar refractivity (Wildman–Crippen MR) is 78.9 cm³/mol. The first kappa shape index (κ1) is 13.1. The van der Waals surface area contributed by atoms with E-state index in [4.69, 9.17) is 0 Å². The van der Waals surface area contributed by atoms with Crippen LogP contribution in [0.2, 0.25) is 0 Å². The Morgan fingerprint density at radius 3 is 2.81 bits per heavy atom. The highest BCUT2D eigenvalue weighted by Gasteiger charge is 2.00. The number of thiazole rings is 1. The summed E-state index contributed by atoms with van der Waals surface area (Å²) in [5.74, 6) is -0.213. The molecule has 0 aliphatic heterocycles. The van der Waals surface area contributed by atoms with Crippen molar-refractivity contribution in [3.8, 4) is 5.69 Å². The molecule has 0 unspecified atom stereocenters. The zero-order valence-corrected chi connectivity index (χ0v) is 11.6. The number of hydrogen-bond donors (Lipinski definition) is 1. The van der Waals surface area contributed by atoms with Crippen LogP contribution in [0.3, 0.4) is 0 Å². The highest BCUT2D eigenvalue weighted by atomic mass is 32.1. The molecule has 2 heterocycles. The Morgan fingerprint density at radius 1 is 1.29 bits per heavy atom. The Balaban J connectivity index is 1.65. The van der Waals surface area contributed by atoms with Gasteiger partial charge in [0.25, 0.3) is 0 Å². The summed E-state index contributed by atoms with van der Waals surface area (Å²) in [5, 5.41) is 16.0. The summed E-state index contributed by atoms with van der Waals surface area (Å²) in [6, 6.07) is 7.50. The Morgan fingerprint density at radius 2 is 2.14 bits per heavy atom. The van der Waals surface area contributed by atoms with Gasteiger partial charge in [-0.05, 0) is 34.2 Å². The fourth-order valence-electron chi connectivity index (χ4n) is 1.62. The number of nitrogens with zero attached hydrogens (tertiary/aromatic N) is 5. The normalized spacial score (nSPS) is 10.9. The van der Waals surface area contributed by atoms with Crippen molar-refractivity contribution < 1.29 is 4.79 Å². The van der Waals surface area contributed by atoms with E-state index in [9.17, 15) is 4.79 Å². The first-order valence-corrected chi connectivity index (χ1v) is 6.91. The molecule has 8 heteroatoms. The molecule has 0 atom stereocenters. The van der Waals surface area contributed by atoms with Crippen molar-refractivity contribution in [2.24, 2.45) is 0 Å². The molecule has 1 aromatic carbocycles. The van der Waals surface area contributed by atoms with Crippen molar-refractivity contribution in [2.45, 2.75) is 0 Å². The summed E-state index contributed by atoms with van der Waals surface area (Å²) in [5.41, 5.74) is 1.76. The maximum atomic E-state index is 11.7. The van der Waals surface area contributed by atoms with Gasteiger partial charge in [0, 0.05) is 17.7 Å². The van der Waals surface area contributed by atoms with E-state index in [1.807, 2.05) is 24.3 Å². The average Bonchev–Trinajstić information content (AvgIpc) is 3.19. The van der Waals surface area contributed by atoms with Crippen LogP contribution in [0.5, 0.6) is 0 Å². The number of rotatable bonds is 4. The van der Waals surface area contributed by atoms with Crippen molar-refractivity contribution in [1.82, 2.24) is 25.2 Å². The van der Waals surface area contributed by atoms with E-state index in [0.717, 1.165) is 11.3 Å². The van der Waals surface area contributed by atoms with Crippen molar-refractivity contribution in [2.75, 3.05) is 5.32 Å². The number of anilines is 1. The van der Waals surface area contributed by atoms with Gasteiger partial charge in [-0.2, -0.15) is 0 Å². The second kappa shape index (κ2) is 6.06. The van der Waals surface area contributed by atoms with Gasteiger partial charge in [-0.15, -0.1) is 16.4 Å². The number of tetrazole rings is 1. The number of nitrogens with one attached hydrogen (secondary N) is 1. The number of carbonyl (C=O) groups excluding carboxylic acids is 1. The third-order valence-electron chi connectivity index (χ3n) is 2.60. The van der Waals surface area contributed by atoms with Crippen LogP contribution >= 0.6 is 11.3 Å². The molecule has 21 heavy (non-hydrogen) atoms. The van der Waals surface area contributed by atoms with E-state index in [0.29, 0.717) is 5.13 Å². The molecule has 3 rings (SSSR count). The first-order chi connectivity index (χ1) is 10.3. The number of benzene rings is 1. The summed E-state index contributed by atoms with van der Waals surface area (Å²) < 4.78 is 1.56. The fraction of sp³-hybridized carbons (Fsp3) is 0. The molecular formula is C13H10N6OS. The first-order valence-electron chi connectivity index (χ1n) is 6.03. The van der Waals surface area contributed by atoms with E-state index < -0.39 is 0 Å². The van der Waals surface area contributed by atoms with Crippen LogP contribution in [-0.2, 0) is 4.79 Å². The van der Waals surface area contributed by atoms with E-state index in [2.05, 4.69) is 25.8 Å². The minimum absolute atomic E-state index is 0.213. The molecule has 0 saturated heterocycles. The third kappa shape index (κ3) is 3.37. The maximum Gasteiger partial charge on any atom is 0.250 e. The van der Waals surface area contributed by atoms with Crippen LogP contribution in [0, 0.1) is 0 Å². The molecule has 104 valence electrons. The molecule has 2 aromatic heterocycles. The van der Waals surface area contributed by atoms with Crippen molar-refractivity contribution in [3.05, 3.63) is 53.8 Å². The number of carbonyl (C=O) groups is 1. The molecular weight excluding hydrogens is 288 g/mol. The lowest BCUT2D eigenvalue weighted by Gasteiger charge is -1.99. The van der Waals surface area contributed by atoms with Gasteiger partial charge < -0.3 is 0 Å². The highest BCUT2D eigenvalue weighted by molar-refractivity contribution is 7.13. The fourth-order valence-corrected chi connectivity index (χ4v) is 2.15. The monoisotopic (exact) mass is 298 g/mol. The van der Waals surface area contributed by atoms with Gasteiger partial charge in [-0.25, -0.2) is 9.67 Å². The van der Waals surface area contributed by atoms with Crippen LogP contribution < -0.4 is 5.32 Å². The van der Waals surface area contributed by atoms with Gasteiger partial charge in [-0.3, -0.25) is 10.1 Å². The number of aromatic nitrogens is 5. The topological polar surface area (TPSA) is 85.6 Å². The van der Waals surface area contributed by atoms with Gasteiger partial charge >= 0.3 is 0 Å². The molecule has 0 fully saturated rings. The summed E-state index contributed by atoms with van der Waals surface area (Å²) >= 11 is 1.37. The maximum absolute atomic E-state index is 11.7. The largest absolute Gasteiger partial charge is 0.298 e. The zero-order chi connectivity index (χ0) is 14.5. The summed E-state index contributed by atoms with van der Waals surface area (Å²) in [4.78, 5) is 15.7. The molecule has 7 nitrogen and oxygen atoms in total. The van der Waals surface area contributed by atoms with E-state index in [1.54, 1.807) is 22.3 Å². The molecule has 0 saturated carbocycles. The molecule has 1 N–H and O–H groups in total. The van der Waals surface area contributed by atoms with Gasteiger partial charge in [0.15, 0.2) is 5.13 Å². The Hall–Kier alpha value is -2.87. The van der Waals surface area contributed by atoms with Gasteiger partial charge in [0.2, 0.25) is 5.91 Å². The Bertz CT molecular complexity index is 734. The average molecular weight is 298 g/mol. The minimum atomic E-state index is -0.213. The van der Waals surface area contributed by atoms with Gasteiger partial charge in [0.05, 0.1) is 5.69 Å². The second-order valence-electron chi connectivity index (χ2n) is 4.01. The van der Waals surface area contributed by atoms with E-state index in [-0.39, 0.29) is 5.91 Å². The van der Waals surface area contributed by atoms with Crippen molar-refractivity contribution in [1.29, 1.82) is 0 Å². The predicted octanol–water partition coefficient (Wildman–Crippen LogP) is 1.77. The summed E-state index contributed by atoms with van der Waals surface area (Å²) in [6.45, 7) is 0. The lowest BCUT2D eigenvalue weighted by Crippen LogP contribution is -2.07. The van der Waals surface area contributed by atoms with E-state index >= 15 is 0 Å². The molecule has 0 aliphatic rings. The SMILES string of the molecule is O=C(/C=C/c1ccc(-n2cnnn2)cc1)Nc1nccs1. The number of amides is 1. The highest BCUT2D eigenvalue weighted by Crippen LogP contribution is 2.11. The van der Waals surface area contributed by atoms with Gasteiger partial charge in [-0.1, -0.05) is 12.1 Å². The van der Waals surface area contributed by atoms with Crippen molar-refractivity contribution in [3.63, 3.8) is 0 Å². The second-order valence-corrected chi connectivity index (χ2v) is 4.90. The van der Waals surface area contributed by atoms with Crippen LogP contribution in [0.25, 0.3) is 11.8 Å². The zero-order valence-electron chi connectivity index (χ0n) is 10.7. The lowest BCUT2D eigenvalue weighted by molar-refractivity contribution is -0.111. The molecule has 0 radical (unpaired) electrons. The van der Waals surface area contributed by atoms with Crippen LogP contribution in [-0.4, -0.2) is 31.1 Å². The molecule has 0 bridgehead atoms. The minimum Gasteiger partial charge on any atom is -0.298 e. The third-order valence-corrected chi connectivity index (χ3v) is 3.28.